The molecule has 2 unspecified atom stereocenters. The molecule has 0 radical (unpaired) electrons. The fourth-order valence-electron chi connectivity index (χ4n) is 1.06. The van der Waals surface area contributed by atoms with Crippen LogP contribution in [0.3, 0.4) is 0 Å². The van der Waals surface area contributed by atoms with Gasteiger partial charge in [0, 0.05) is 16.3 Å². The van der Waals surface area contributed by atoms with E-state index in [0.29, 0.717) is 0 Å². The second kappa shape index (κ2) is 4.37. The molecule has 0 saturated heterocycles. The largest absolute Gasteiger partial charge is 0.275 e. The summed E-state index contributed by atoms with van der Waals surface area (Å²) < 4.78 is 0. The van der Waals surface area contributed by atoms with Gasteiger partial charge in [0.25, 0.3) is 6.04 Å². The van der Waals surface area contributed by atoms with E-state index in [1.54, 1.807) is 0 Å². The summed E-state index contributed by atoms with van der Waals surface area (Å²) in [4.78, 5) is 19.8. The first-order chi connectivity index (χ1) is 6.61. The number of hydrogen-bond donors (Lipinski definition) is 0. The van der Waals surface area contributed by atoms with Gasteiger partial charge in [-0.2, -0.15) is 0 Å². The van der Waals surface area contributed by atoms with Gasteiger partial charge in [0.05, 0.1) is 6.42 Å². The van der Waals surface area contributed by atoms with Gasteiger partial charge >= 0.3 is 0 Å². The molecule has 1 rings (SSSR count). The number of hydrogen-bond acceptors (Lipinski definition) is 4. The van der Waals surface area contributed by atoms with Crippen LogP contribution in [0.1, 0.15) is 12.8 Å². The van der Waals surface area contributed by atoms with Crippen LogP contribution in [0.5, 0.6) is 0 Å². The maximum absolute atomic E-state index is 10.4. The highest BCUT2D eigenvalue weighted by Crippen LogP contribution is 2.06. The minimum atomic E-state index is -0.932. The number of nitrogens with zero attached hydrogens (tertiary/aromatic N) is 2. The molecule has 74 valence electrons. The molecule has 0 spiro atoms. The quantitative estimate of drug-likeness (QED) is 0.280. The highest BCUT2D eigenvalue weighted by molar-refractivity contribution is 5.12. The molecule has 0 amide bonds. The zero-order valence-corrected chi connectivity index (χ0v) is 7.25. The lowest BCUT2D eigenvalue weighted by Crippen LogP contribution is -2.20. The third kappa shape index (κ3) is 2.55. The van der Waals surface area contributed by atoms with Gasteiger partial charge in [0.15, 0.2) is 0 Å². The Balaban J connectivity index is 2.72. The third-order valence-corrected chi connectivity index (χ3v) is 1.82. The van der Waals surface area contributed by atoms with E-state index in [4.69, 9.17) is 0 Å². The second-order valence-electron chi connectivity index (χ2n) is 2.84. The van der Waals surface area contributed by atoms with E-state index in [9.17, 15) is 20.2 Å². The molecule has 6 nitrogen and oxygen atoms in total. The fraction of sp³-hybridized carbons (Fsp3) is 0.500. The Hall–Kier alpha value is -1.90. The van der Waals surface area contributed by atoms with Crippen molar-refractivity contribution in [1.29, 1.82) is 0 Å². The third-order valence-electron chi connectivity index (χ3n) is 1.82. The SMILES string of the molecule is O=[N+]([O-])C1C#CCC([N+](=O)[O-])/C=C\C1. The first-order valence-corrected chi connectivity index (χ1v) is 4.03. The van der Waals surface area contributed by atoms with E-state index in [1.165, 1.54) is 12.2 Å². The Morgan fingerprint density at radius 3 is 2.57 bits per heavy atom. The Morgan fingerprint density at radius 1 is 1.29 bits per heavy atom. The van der Waals surface area contributed by atoms with E-state index < -0.39 is 21.9 Å². The van der Waals surface area contributed by atoms with Crippen LogP contribution in [-0.2, 0) is 0 Å². The smallest absolute Gasteiger partial charge is 0.264 e. The van der Waals surface area contributed by atoms with Gasteiger partial charge in [0.1, 0.15) is 0 Å². The highest BCUT2D eigenvalue weighted by Gasteiger charge is 2.20. The van der Waals surface area contributed by atoms with E-state index in [2.05, 4.69) is 11.8 Å². The van der Waals surface area contributed by atoms with Crippen molar-refractivity contribution in [1.82, 2.24) is 0 Å². The highest BCUT2D eigenvalue weighted by atomic mass is 16.6. The average Bonchev–Trinajstić information content (AvgIpc) is 2.01. The van der Waals surface area contributed by atoms with Crippen LogP contribution >= 0.6 is 0 Å². The van der Waals surface area contributed by atoms with Crippen LogP contribution in [0, 0.1) is 32.1 Å². The van der Waals surface area contributed by atoms with Gasteiger partial charge in [-0.3, -0.25) is 20.2 Å². The van der Waals surface area contributed by atoms with Crippen LogP contribution in [0.25, 0.3) is 0 Å². The Bertz CT molecular complexity index is 339. The maximum Gasteiger partial charge on any atom is 0.275 e. The summed E-state index contributed by atoms with van der Waals surface area (Å²) in [5.74, 6) is 4.87. The molecule has 2 atom stereocenters. The zero-order chi connectivity index (χ0) is 10.6. The van der Waals surface area contributed by atoms with Crippen molar-refractivity contribution in [3.8, 4) is 11.8 Å². The van der Waals surface area contributed by atoms with Crippen LogP contribution in [0.15, 0.2) is 12.2 Å². The van der Waals surface area contributed by atoms with E-state index >= 15 is 0 Å². The van der Waals surface area contributed by atoms with Crippen molar-refractivity contribution in [2.75, 3.05) is 0 Å². The molecule has 0 fully saturated rings. The van der Waals surface area contributed by atoms with Crippen LogP contribution in [-0.4, -0.2) is 21.9 Å². The Morgan fingerprint density at radius 2 is 2.00 bits per heavy atom. The lowest BCUT2D eigenvalue weighted by Gasteiger charge is -2.03. The molecule has 0 N–H and O–H groups in total. The first-order valence-electron chi connectivity index (χ1n) is 4.03. The van der Waals surface area contributed by atoms with Gasteiger partial charge in [-0.25, -0.2) is 0 Å². The Kier molecular flexibility index (Phi) is 3.18. The molecule has 6 heteroatoms. The first kappa shape index (κ1) is 10.2. The molecule has 0 aliphatic heterocycles. The summed E-state index contributed by atoms with van der Waals surface area (Å²) >= 11 is 0. The lowest BCUT2D eigenvalue weighted by atomic mass is 10.1. The molecule has 1 aliphatic carbocycles. The normalized spacial score (nSPS) is 27.7. The molecule has 0 aromatic carbocycles. The molecular weight excluding hydrogens is 188 g/mol. The molecular formula is C8H8N2O4. The minimum Gasteiger partial charge on any atom is -0.264 e. The van der Waals surface area contributed by atoms with Crippen molar-refractivity contribution in [3.63, 3.8) is 0 Å². The molecule has 14 heavy (non-hydrogen) atoms. The standard InChI is InChI=1S/C8H8N2O4/c11-9(12)7-3-1-4-8(10(13)14)6-2-5-7/h1,3,7-8H,4-5H2/b3-1-. The molecule has 0 saturated carbocycles. The Labute approximate surface area is 79.9 Å². The summed E-state index contributed by atoms with van der Waals surface area (Å²) in [5.41, 5.74) is 0. The molecule has 0 aromatic heterocycles. The summed E-state index contributed by atoms with van der Waals surface area (Å²) in [6, 6.07) is -1.77. The average molecular weight is 196 g/mol. The number of rotatable bonds is 2. The molecule has 0 heterocycles. The minimum absolute atomic E-state index is 0.0356. The fourth-order valence-corrected chi connectivity index (χ4v) is 1.06. The predicted octanol–water partition coefficient (Wildman–Crippen LogP) is 0.630. The van der Waals surface area contributed by atoms with Crippen LogP contribution in [0.2, 0.25) is 0 Å². The summed E-state index contributed by atoms with van der Waals surface area (Å²) in [6.45, 7) is 0. The van der Waals surface area contributed by atoms with Gasteiger partial charge < -0.3 is 0 Å². The van der Waals surface area contributed by atoms with Gasteiger partial charge in [-0.15, -0.1) is 0 Å². The zero-order valence-electron chi connectivity index (χ0n) is 7.25. The van der Waals surface area contributed by atoms with E-state index in [0.717, 1.165) is 0 Å². The van der Waals surface area contributed by atoms with Gasteiger partial charge in [-0.1, -0.05) is 12.0 Å². The summed E-state index contributed by atoms with van der Waals surface area (Å²) in [7, 11) is 0. The molecule has 0 aromatic rings. The van der Waals surface area contributed by atoms with Crippen molar-refractivity contribution >= 4 is 0 Å². The van der Waals surface area contributed by atoms with Crippen molar-refractivity contribution in [2.45, 2.75) is 24.9 Å². The monoisotopic (exact) mass is 196 g/mol. The maximum atomic E-state index is 10.4. The predicted molar refractivity (Wildman–Crippen MR) is 47.7 cm³/mol. The molecule has 0 bridgehead atoms. The van der Waals surface area contributed by atoms with Gasteiger partial charge in [0.2, 0.25) is 6.04 Å². The lowest BCUT2D eigenvalue weighted by molar-refractivity contribution is -0.510. The van der Waals surface area contributed by atoms with Crippen molar-refractivity contribution < 1.29 is 9.85 Å². The molecule has 1 aliphatic rings. The van der Waals surface area contributed by atoms with Crippen LogP contribution in [0.4, 0.5) is 0 Å². The van der Waals surface area contributed by atoms with Crippen molar-refractivity contribution in [2.24, 2.45) is 0 Å². The topological polar surface area (TPSA) is 86.3 Å². The van der Waals surface area contributed by atoms with E-state index in [-0.39, 0.29) is 12.8 Å². The van der Waals surface area contributed by atoms with Crippen molar-refractivity contribution in [3.05, 3.63) is 32.4 Å². The van der Waals surface area contributed by atoms with Crippen LogP contribution < -0.4 is 0 Å². The summed E-state index contributed by atoms with van der Waals surface area (Å²) in [5, 5.41) is 20.8. The van der Waals surface area contributed by atoms with Gasteiger partial charge in [-0.05, 0) is 12.0 Å². The van der Waals surface area contributed by atoms with E-state index in [1.807, 2.05) is 0 Å². The number of nitro groups is 2. The second-order valence-corrected chi connectivity index (χ2v) is 2.84. The summed E-state index contributed by atoms with van der Waals surface area (Å²) in [6.07, 6.45) is 2.98.